The number of anilines is 2. The maximum absolute atomic E-state index is 12.8. The Labute approximate surface area is 177 Å². The van der Waals surface area contributed by atoms with Gasteiger partial charge in [-0.15, -0.1) is 0 Å². The second-order valence-electron chi connectivity index (χ2n) is 6.19. The van der Waals surface area contributed by atoms with Gasteiger partial charge in [-0.25, -0.2) is 4.68 Å². The van der Waals surface area contributed by atoms with Crippen LogP contribution < -0.4 is 11.1 Å². The van der Waals surface area contributed by atoms with Gasteiger partial charge >= 0.3 is 0 Å². The average molecular weight is 421 g/mol. The first-order valence-electron chi connectivity index (χ1n) is 8.85. The smallest absolute Gasteiger partial charge is 0.255 e. The largest absolute Gasteiger partial charge is 0.382 e. The molecule has 3 N–H and O–H groups in total. The van der Waals surface area contributed by atoms with Crippen LogP contribution in [-0.4, -0.2) is 15.7 Å². The topological polar surface area (TPSA) is 72.9 Å². The maximum Gasteiger partial charge on any atom is 0.255 e. The van der Waals surface area contributed by atoms with Crippen molar-refractivity contribution in [2.45, 2.75) is 9.92 Å². The Morgan fingerprint density at radius 2 is 1.55 bits per heavy atom. The summed E-state index contributed by atoms with van der Waals surface area (Å²) in [6.07, 6.45) is 0. The summed E-state index contributed by atoms with van der Waals surface area (Å²) in [5.74, 6) is 0.0767. The van der Waals surface area contributed by atoms with E-state index in [-0.39, 0.29) is 5.91 Å². The SMILES string of the molecule is Nc1c(NC(=O)c2ccc(Cl)cc2)c(Sc2ccccc2)nn1-c1ccccc1. The molecule has 0 spiro atoms. The van der Waals surface area contributed by atoms with Crippen molar-refractivity contribution in [2.24, 2.45) is 0 Å². The van der Waals surface area contributed by atoms with Crippen LogP contribution in [0, 0.1) is 0 Å². The molecule has 1 amide bonds. The van der Waals surface area contributed by atoms with Gasteiger partial charge in [0.05, 0.1) is 5.69 Å². The van der Waals surface area contributed by atoms with E-state index in [2.05, 4.69) is 10.4 Å². The van der Waals surface area contributed by atoms with Crippen LogP contribution in [0.2, 0.25) is 5.02 Å². The molecular formula is C22H17ClN4OS. The van der Waals surface area contributed by atoms with Crippen LogP contribution in [0.4, 0.5) is 11.5 Å². The van der Waals surface area contributed by atoms with Gasteiger partial charge in [0, 0.05) is 15.5 Å². The van der Waals surface area contributed by atoms with E-state index in [9.17, 15) is 4.79 Å². The Morgan fingerprint density at radius 1 is 0.931 bits per heavy atom. The van der Waals surface area contributed by atoms with Crippen molar-refractivity contribution in [2.75, 3.05) is 11.1 Å². The van der Waals surface area contributed by atoms with Gasteiger partial charge in [0.2, 0.25) is 0 Å². The second-order valence-corrected chi connectivity index (χ2v) is 7.69. The highest BCUT2D eigenvalue weighted by atomic mass is 35.5. The van der Waals surface area contributed by atoms with Crippen molar-refractivity contribution in [1.29, 1.82) is 0 Å². The molecule has 29 heavy (non-hydrogen) atoms. The number of benzene rings is 3. The van der Waals surface area contributed by atoms with E-state index < -0.39 is 0 Å². The molecule has 4 rings (SSSR count). The number of carbonyl (C=O) groups excluding carboxylic acids is 1. The molecule has 0 saturated heterocycles. The fourth-order valence-corrected chi connectivity index (χ4v) is 3.77. The van der Waals surface area contributed by atoms with Crippen LogP contribution in [0.3, 0.4) is 0 Å². The Morgan fingerprint density at radius 3 is 2.21 bits per heavy atom. The number of hydrogen-bond donors (Lipinski definition) is 2. The van der Waals surface area contributed by atoms with Crippen molar-refractivity contribution in [3.8, 4) is 5.69 Å². The normalized spacial score (nSPS) is 10.7. The fraction of sp³-hybridized carbons (Fsp3) is 0. The van der Waals surface area contributed by atoms with Gasteiger partial charge in [0.25, 0.3) is 5.91 Å². The summed E-state index contributed by atoms with van der Waals surface area (Å²) in [6.45, 7) is 0. The Balaban J connectivity index is 1.72. The summed E-state index contributed by atoms with van der Waals surface area (Å²) >= 11 is 7.36. The van der Waals surface area contributed by atoms with Crippen LogP contribution in [0.25, 0.3) is 5.69 Å². The summed E-state index contributed by atoms with van der Waals surface area (Å²) < 4.78 is 1.63. The minimum absolute atomic E-state index is 0.282. The van der Waals surface area contributed by atoms with Crippen molar-refractivity contribution in [3.63, 3.8) is 0 Å². The third-order valence-electron chi connectivity index (χ3n) is 4.19. The van der Waals surface area contributed by atoms with Crippen LogP contribution in [0.5, 0.6) is 0 Å². The van der Waals surface area contributed by atoms with Crippen molar-refractivity contribution >= 4 is 40.8 Å². The standard InChI is InChI=1S/C22H17ClN4OS/c23-16-13-11-15(12-14-16)21(28)25-19-20(24)27(17-7-3-1-4-8-17)26-22(19)29-18-9-5-2-6-10-18/h1-14H,24H2,(H,25,28). The highest BCUT2D eigenvalue weighted by Crippen LogP contribution is 2.37. The molecule has 0 unspecified atom stereocenters. The highest BCUT2D eigenvalue weighted by Gasteiger charge is 2.20. The van der Waals surface area contributed by atoms with Gasteiger partial charge in [-0.1, -0.05) is 59.8 Å². The summed E-state index contributed by atoms with van der Waals surface area (Å²) in [5, 5.41) is 8.75. The molecule has 0 fully saturated rings. The van der Waals surface area contributed by atoms with Gasteiger partial charge in [-0.3, -0.25) is 4.79 Å². The number of nitrogens with zero attached hydrogens (tertiary/aromatic N) is 2. The Kier molecular flexibility index (Phi) is 5.55. The van der Waals surface area contributed by atoms with Gasteiger partial charge in [0.1, 0.15) is 10.7 Å². The van der Waals surface area contributed by atoms with Crippen molar-refractivity contribution in [3.05, 3.63) is 95.5 Å². The molecule has 144 valence electrons. The molecule has 5 nitrogen and oxygen atoms in total. The molecule has 4 aromatic rings. The van der Waals surface area contributed by atoms with Gasteiger partial charge in [-0.2, -0.15) is 5.10 Å². The minimum Gasteiger partial charge on any atom is -0.382 e. The zero-order valence-electron chi connectivity index (χ0n) is 15.2. The number of nitrogen functional groups attached to an aromatic ring is 1. The summed E-state index contributed by atoms with van der Waals surface area (Å²) in [7, 11) is 0. The number of amides is 1. The summed E-state index contributed by atoms with van der Waals surface area (Å²) in [4.78, 5) is 13.8. The molecule has 0 aliphatic carbocycles. The molecule has 1 aromatic heterocycles. The van der Waals surface area contributed by atoms with E-state index in [1.165, 1.54) is 11.8 Å². The van der Waals surface area contributed by atoms with Crippen LogP contribution in [0.1, 0.15) is 10.4 Å². The third-order valence-corrected chi connectivity index (χ3v) is 5.43. The monoisotopic (exact) mass is 420 g/mol. The lowest BCUT2D eigenvalue weighted by Crippen LogP contribution is -2.13. The number of hydrogen-bond acceptors (Lipinski definition) is 4. The number of halogens is 1. The first-order chi connectivity index (χ1) is 14.1. The predicted octanol–water partition coefficient (Wildman–Crippen LogP) is 5.51. The van der Waals surface area contributed by atoms with Gasteiger partial charge in [0.15, 0.2) is 5.82 Å². The quantitative estimate of drug-likeness (QED) is 0.446. The average Bonchev–Trinajstić information content (AvgIpc) is 3.05. The molecule has 0 radical (unpaired) electrons. The maximum atomic E-state index is 12.8. The number of nitrogens with one attached hydrogen (secondary N) is 1. The molecule has 0 aliphatic heterocycles. The zero-order chi connectivity index (χ0) is 20.2. The highest BCUT2D eigenvalue weighted by molar-refractivity contribution is 7.99. The zero-order valence-corrected chi connectivity index (χ0v) is 16.8. The Hall–Kier alpha value is -3.22. The van der Waals surface area contributed by atoms with Gasteiger partial charge in [-0.05, 0) is 48.5 Å². The third kappa shape index (κ3) is 4.29. The molecule has 0 atom stereocenters. The molecule has 3 aromatic carbocycles. The lowest BCUT2D eigenvalue weighted by molar-refractivity contribution is 0.102. The van der Waals surface area contributed by atoms with E-state index in [0.717, 1.165) is 10.6 Å². The molecule has 7 heteroatoms. The number of aromatic nitrogens is 2. The lowest BCUT2D eigenvalue weighted by Gasteiger charge is -2.07. The lowest BCUT2D eigenvalue weighted by atomic mass is 10.2. The van der Waals surface area contributed by atoms with Crippen LogP contribution >= 0.6 is 23.4 Å². The van der Waals surface area contributed by atoms with Crippen LogP contribution in [-0.2, 0) is 0 Å². The van der Waals surface area contributed by atoms with Crippen LogP contribution in [0.15, 0.2) is 94.9 Å². The Bertz CT molecular complexity index is 1130. The second kappa shape index (κ2) is 8.43. The van der Waals surface area contributed by atoms with Gasteiger partial charge < -0.3 is 11.1 Å². The first kappa shape index (κ1) is 19.1. The van der Waals surface area contributed by atoms with E-state index in [1.54, 1.807) is 28.9 Å². The van der Waals surface area contributed by atoms with E-state index in [4.69, 9.17) is 17.3 Å². The van der Waals surface area contributed by atoms with E-state index >= 15 is 0 Å². The molecular weight excluding hydrogens is 404 g/mol. The number of carbonyl (C=O) groups is 1. The molecule has 0 saturated carbocycles. The predicted molar refractivity (Wildman–Crippen MR) is 118 cm³/mol. The summed E-state index contributed by atoms with van der Waals surface area (Å²) in [5.41, 5.74) is 8.16. The van der Waals surface area contributed by atoms with E-state index in [0.29, 0.717) is 27.1 Å². The van der Waals surface area contributed by atoms with E-state index in [1.807, 2.05) is 60.7 Å². The minimum atomic E-state index is -0.282. The van der Waals surface area contributed by atoms with Crippen molar-refractivity contribution < 1.29 is 4.79 Å². The molecule has 0 bridgehead atoms. The molecule has 0 aliphatic rings. The number of nitrogens with two attached hydrogens (primary N) is 1. The van der Waals surface area contributed by atoms with Crippen molar-refractivity contribution in [1.82, 2.24) is 9.78 Å². The first-order valence-corrected chi connectivity index (χ1v) is 10.0. The number of rotatable bonds is 5. The molecule has 1 heterocycles. The summed E-state index contributed by atoms with van der Waals surface area (Å²) in [6, 6.07) is 26.0. The fourth-order valence-electron chi connectivity index (χ4n) is 2.75. The number of para-hydroxylation sites is 1.